The maximum absolute atomic E-state index is 10.5. The van der Waals surface area contributed by atoms with E-state index in [4.69, 9.17) is 5.11 Å². The SMILES string of the molecule is CCCCCCCC/C=C\CCCCCCCCN(S)C(=O)O. The Labute approximate surface area is 149 Å². The number of nitrogens with zero attached hydrogens (tertiary/aromatic N) is 1. The molecule has 0 spiro atoms. The molecule has 0 aromatic heterocycles. The fourth-order valence-electron chi connectivity index (χ4n) is 2.60. The summed E-state index contributed by atoms with van der Waals surface area (Å²) >= 11 is 3.88. The number of allylic oxidation sites excluding steroid dienone is 2. The van der Waals surface area contributed by atoms with Gasteiger partial charge in [0, 0.05) is 6.54 Å². The molecule has 23 heavy (non-hydrogen) atoms. The molecule has 0 rings (SSSR count). The lowest BCUT2D eigenvalue weighted by Crippen LogP contribution is -2.20. The first-order chi connectivity index (χ1) is 11.2. The number of unbranched alkanes of at least 4 members (excludes halogenated alkanes) is 12. The third kappa shape index (κ3) is 17.5. The van der Waals surface area contributed by atoms with Crippen molar-refractivity contribution in [3.63, 3.8) is 0 Å². The average Bonchev–Trinajstić information content (AvgIpc) is 2.54. The minimum atomic E-state index is -0.957. The highest BCUT2D eigenvalue weighted by Crippen LogP contribution is 2.10. The zero-order chi connectivity index (χ0) is 17.2. The Balaban J connectivity index is 3.15. The van der Waals surface area contributed by atoms with Crippen molar-refractivity contribution in [1.82, 2.24) is 4.31 Å². The molecule has 0 fully saturated rings. The van der Waals surface area contributed by atoms with Gasteiger partial charge < -0.3 is 5.11 Å². The lowest BCUT2D eigenvalue weighted by molar-refractivity contribution is 0.175. The predicted octanol–water partition coefficient (Wildman–Crippen LogP) is 6.85. The average molecular weight is 344 g/mol. The molecule has 0 saturated heterocycles. The van der Waals surface area contributed by atoms with Crippen molar-refractivity contribution in [3.05, 3.63) is 12.2 Å². The van der Waals surface area contributed by atoms with E-state index in [-0.39, 0.29) is 0 Å². The minimum absolute atomic E-state index is 0.527. The van der Waals surface area contributed by atoms with E-state index < -0.39 is 6.09 Å². The molecular formula is C19H37NO2S. The van der Waals surface area contributed by atoms with Gasteiger partial charge in [0.2, 0.25) is 0 Å². The second-order valence-corrected chi connectivity index (χ2v) is 6.83. The van der Waals surface area contributed by atoms with E-state index >= 15 is 0 Å². The highest BCUT2D eigenvalue weighted by molar-refractivity contribution is 7.78. The first kappa shape index (κ1) is 22.4. The van der Waals surface area contributed by atoms with Gasteiger partial charge >= 0.3 is 6.09 Å². The quantitative estimate of drug-likeness (QED) is 0.183. The lowest BCUT2D eigenvalue weighted by Gasteiger charge is -2.10. The number of rotatable bonds is 16. The van der Waals surface area contributed by atoms with Crippen LogP contribution in [0.1, 0.15) is 96.8 Å². The normalized spacial score (nSPS) is 11.2. The highest BCUT2D eigenvalue weighted by atomic mass is 32.1. The van der Waals surface area contributed by atoms with E-state index in [1.807, 2.05) is 0 Å². The van der Waals surface area contributed by atoms with Crippen LogP contribution < -0.4 is 0 Å². The van der Waals surface area contributed by atoms with Gasteiger partial charge in [0.15, 0.2) is 0 Å². The molecule has 0 aromatic carbocycles. The van der Waals surface area contributed by atoms with Crippen molar-refractivity contribution in [2.45, 2.75) is 96.8 Å². The van der Waals surface area contributed by atoms with Gasteiger partial charge in [-0.25, -0.2) is 4.79 Å². The largest absolute Gasteiger partial charge is 0.464 e. The zero-order valence-corrected chi connectivity index (χ0v) is 15.9. The van der Waals surface area contributed by atoms with Crippen LogP contribution in [0.15, 0.2) is 12.2 Å². The number of hydrogen-bond acceptors (Lipinski definition) is 2. The van der Waals surface area contributed by atoms with Crippen molar-refractivity contribution in [2.24, 2.45) is 0 Å². The Hall–Kier alpha value is -0.640. The second kappa shape index (κ2) is 17.7. The summed E-state index contributed by atoms with van der Waals surface area (Å²) in [5.41, 5.74) is 0. The molecule has 0 aromatic rings. The molecule has 0 aliphatic carbocycles. The predicted molar refractivity (Wildman–Crippen MR) is 103 cm³/mol. The van der Waals surface area contributed by atoms with Gasteiger partial charge in [-0.1, -0.05) is 89.7 Å². The topological polar surface area (TPSA) is 40.5 Å². The van der Waals surface area contributed by atoms with Gasteiger partial charge in [0.05, 0.1) is 0 Å². The van der Waals surface area contributed by atoms with E-state index in [2.05, 4.69) is 31.9 Å². The molecule has 0 unspecified atom stereocenters. The van der Waals surface area contributed by atoms with E-state index in [1.165, 1.54) is 77.0 Å². The minimum Gasteiger partial charge on any atom is -0.464 e. The van der Waals surface area contributed by atoms with Gasteiger partial charge in [-0.2, -0.15) is 0 Å². The molecule has 0 saturated carbocycles. The van der Waals surface area contributed by atoms with Crippen LogP contribution in [0.25, 0.3) is 0 Å². The summed E-state index contributed by atoms with van der Waals surface area (Å²) in [6.07, 6.45) is 21.5. The monoisotopic (exact) mass is 343 g/mol. The number of thiol groups is 1. The molecule has 1 N–H and O–H groups in total. The molecule has 0 radical (unpaired) electrons. The van der Waals surface area contributed by atoms with Crippen LogP contribution in [0.2, 0.25) is 0 Å². The molecule has 0 atom stereocenters. The van der Waals surface area contributed by atoms with Crippen molar-refractivity contribution in [2.75, 3.05) is 6.54 Å². The van der Waals surface area contributed by atoms with E-state index in [0.29, 0.717) is 6.54 Å². The van der Waals surface area contributed by atoms with Crippen molar-refractivity contribution in [3.8, 4) is 0 Å². The first-order valence-corrected chi connectivity index (χ1v) is 9.92. The molecule has 0 aliphatic rings. The van der Waals surface area contributed by atoms with Gasteiger partial charge in [0.1, 0.15) is 0 Å². The fraction of sp³-hybridized carbons (Fsp3) is 0.842. The molecule has 0 aliphatic heterocycles. The zero-order valence-electron chi connectivity index (χ0n) is 15.0. The molecule has 1 amide bonds. The summed E-state index contributed by atoms with van der Waals surface area (Å²) in [6.45, 7) is 2.79. The van der Waals surface area contributed by atoms with Gasteiger partial charge in [-0.3, -0.25) is 4.31 Å². The molecule has 4 heteroatoms. The number of carbonyl (C=O) groups is 1. The van der Waals surface area contributed by atoms with Crippen LogP contribution in [0.5, 0.6) is 0 Å². The summed E-state index contributed by atoms with van der Waals surface area (Å²) in [5.74, 6) is 0. The highest BCUT2D eigenvalue weighted by Gasteiger charge is 2.04. The summed E-state index contributed by atoms with van der Waals surface area (Å²) in [6, 6.07) is 0. The Morgan fingerprint density at radius 2 is 1.26 bits per heavy atom. The van der Waals surface area contributed by atoms with Gasteiger partial charge in [-0.05, 0) is 32.1 Å². The first-order valence-electron chi connectivity index (χ1n) is 9.52. The lowest BCUT2D eigenvalue weighted by atomic mass is 10.1. The van der Waals surface area contributed by atoms with Gasteiger partial charge in [-0.15, -0.1) is 0 Å². The molecule has 136 valence electrons. The van der Waals surface area contributed by atoms with Crippen LogP contribution in [0.3, 0.4) is 0 Å². The van der Waals surface area contributed by atoms with Crippen molar-refractivity contribution >= 4 is 18.9 Å². The second-order valence-electron chi connectivity index (χ2n) is 6.34. The summed E-state index contributed by atoms with van der Waals surface area (Å²) in [7, 11) is 0. The maximum Gasteiger partial charge on any atom is 0.417 e. The molecule has 0 heterocycles. The molecular weight excluding hydrogens is 306 g/mol. The van der Waals surface area contributed by atoms with Gasteiger partial charge in [0.25, 0.3) is 0 Å². The van der Waals surface area contributed by atoms with Crippen molar-refractivity contribution < 1.29 is 9.90 Å². The third-order valence-electron chi connectivity index (χ3n) is 4.10. The number of amides is 1. The third-order valence-corrected chi connectivity index (χ3v) is 4.47. The molecule has 0 bridgehead atoms. The van der Waals surface area contributed by atoms with Crippen LogP contribution >= 0.6 is 12.8 Å². The Morgan fingerprint density at radius 1 is 0.826 bits per heavy atom. The standard InChI is InChI=1S/C19H37NO2S/c1-2-3-4-5-6-7-8-9-10-11-12-13-14-15-16-17-18-20(23)19(21)22/h9-10,23H,2-8,11-18H2,1H3,(H,21,22)/b10-9-. The van der Waals surface area contributed by atoms with E-state index in [0.717, 1.165) is 17.1 Å². The summed E-state index contributed by atoms with van der Waals surface area (Å²) < 4.78 is 1.06. The summed E-state index contributed by atoms with van der Waals surface area (Å²) in [5, 5.41) is 8.65. The fourth-order valence-corrected chi connectivity index (χ4v) is 2.75. The summed E-state index contributed by atoms with van der Waals surface area (Å²) in [4.78, 5) is 10.5. The Bertz CT molecular complexity index is 295. The Morgan fingerprint density at radius 3 is 1.74 bits per heavy atom. The maximum atomic E-state index is 10.5. The van der Waals surface area contributed by atoms with Crippen LogP contribution in [-0.2, 0) is 0 Å². The van der Waals surface area contributed by atoms with Crippen LogP contribution in [0, 0.1) is 0 Å². The van der Waals surface area contributed by atoms with E-state index in [9.17, 15) is 4.79 Å². The van der Waals surface area contributed by atoms with E-state index in [1.54, 1.807) is 0 Å². The number of carboxylic acid groups (broad SMARTS) is 1. The van der Waals surface area contributed by atoms with Crippen molar-refractivity contribution in [1.29, 1.82) is 0 Å². The molecule has 3 nitrogen and oxygen atoms in total. The smallest absolute Gasteiger partial charge is 0.417 e. The number of hydrogen-bond donors (Lipinski definition) is 2. The van der Waals surface area contributed by atoms with Crippen LogP contribution in [0.4, 0.5) is 4.79 Å². The Kier molecular flexibility index (Phi) is 17.2. The van der Waals surface area contributed by atoms with Crippen LogP contribution in [-0.4, -0.2) is 22.0 Å².